The summed E-state index contributed by atoms with van der Waals surface area (Å²) in [6.07, 6.45) is -0.670. The van der Waals surface area contributed by atoms with Crippen LogP contribution in [0.25, 0.3) is 10.8 Å². The molecule has 21 heavy (non-hydrogen) atoms. The van der Waals surface area contributed by atoms with Crippen molar-refractivity contribution in [2.24, 2.45) is 0 Å². The number of aliphatic hydroxyl groups excluding tert-OH is 2. The third-order valence-corrected chi connectivity index (χ3v) is 4.39. The van der Waals surface area contributed by atoms with E-state index in [9.17, 15) is 15.0 Å². The molecule has 0 radical (unpaired) electrons. The Labute approximate surface area is 120 Å². The molecular weight excluding hydrogens is 274 g/mol. The molecule has 1 aromatic carbocycles. The molecule has 110 valence electrons. The first kappa shape index (κ1) is 13.0. The number of hydrogen-bond donors (Lipinski definition) is 2. The van der Waals surface area contributed by atoms with Crippen LogP contribution in [0, 0.1) is 0 Å². The van der Waals surface area contributed by atoms with Crippen LogP contribution in [-0.2, 0) is 9.47 Å². The van der Waals surface area contributed by atoms with E-state index in [0.717, 1.165) is 5.39 Å². The molecule has 0 aliphatic carbocycles. The van der Waals surface area contributed by atoms with Crippen LogP contribution < -0.4 is 5.56 Å². The number of rotatable bonds is 2. The summed E-state index contributed by atoms with van der Waals surface area (Å²) in [5, 5.41) is 21.1. The van der Waals surface area contributed by atoms with Crippen LogP contribution in [0.3, 0.4) is 0 Å². The van der Waals surface area contributed by atoms with Crippen molar-refractivity contribution >= 4 is 10.8 Å². The van der Waals surface area contributed by atoms with Crippen LogP contribution in [0.5, 0.6) is 0 Å². The smallest absolute Gasteiger partial charge is 0.260 e. The van der Waals surface area contributed by atoms with Gasteiger partial charge in [-0.1, -0.05) is 18.2 Å². The average Bonchev–Trinajstić information content (AvgIpc) is 2.99. The highest BCUT2D eigenvalue weighted by atomic mass is 16.7. The SMILES string of the molecule is O=c1c2ccccc2ccn1[C@@H]1O[C@@]2(CO)COC1[C@H]2O. The Morgan fingerprint density at radius 3 is 2.90 bits per heavy atom. The van der Waals surface area contributed by atoms with Gasteiger partial charge in [-0.15, -0.1) is 0 Å². The summed E-state index contributed by atoms with van der Waals surface area (Å²) in [7, 11) is 0. The molecular formula is C15H15NO5. The molecule has 0 amide bonds. The Morgan fingerprint density at radius 1 is 1.33 bits per heavy atom. The Bertz CT molecular complexity index is 757. The van der Waals surface area contributed by atoms with E-state index in [1.807, 2.05) is 18.2 Å². The minimum Gasteiger partial charge on any atom is -0.393 e. The number of ether oxygens (including phenoxy) is 2. The second kappa shape index (κ2) is 4.38. The molecule has 6 nitrogen and oxygen atoms in total. The van der Waals surface area contributed by atoms with Gasteiger partial charge in [0.05, 0.1) is 13.2 Å². The molecule has 2 fully saturated rings. The zero-order valence-corrected chi connectivity index (χ0v) is 11.2. The molecule has 4 rings (SSSR count). The molecule has 6 heteroatoms. The summed E-state index contributed by atoms with van der Waals surface area (Å²) < 4.78 is 12.7. The third-order valence-electron chi connectivity index (χ3n) is 4.39. The molecule has 1 unspecified atom stereocenters. The number of pyridine rings is 1. The highest BCUT2D eigenvalue weighted by Gasteiger charge is 2.61. The van der Waals surface area contributed by atoms with Crippen LogP contribution in [0.15, 0.2) is 41.3 Å². The lowest BCUT2D eigenvalue weighted by atomic mass is 10.0. The van der Waals surface area contributed by atoms with Crippen LogP contribution in [0.1, 0.15) is 6.23 Å². The second-order valence-electron chi connectivity index (χ2n) is 5.57. The Balaban J connectivity index is 1.82. The third kappa shape index (κ3) is 1.64. The van der Waals surface area contributed by atoms with Gasteiger partial charge in [0.1, 0.15) is 17.8 Å². The zero-order chi connectivity index (χ0) is 14.6. The molecule has 4 atom stereocenters. The van der Waals surface area contributed by atoms with Crippen molar-refractivity contribution in [3.63, 3.8) is 0 Å². The van der Waals surface area contributed by atoms with E-state index in [1.165, 1.54) is 4.57 Å². The second-order valence-corrected chi connectivity index (χ2v) is 5.57. The molecule has 2 aromatic rings. The van der Waals surface area contributed by atoms with E-state index >= 15 is 0 Å². The van der Waals surface area contributed by atoms with Crippen molar-refractivity contribution in [2.75, 3.05) is 13.2 Å². The molecule has 3 heterocycles. The largest absolute Gasteiger partial charge is 0.393 e. The highest BCUT2D eigenvalue weighted by Crippen LogP contribution is 2.44. The molecule has 1 aromatic heterocycles. The van der Waals surface area contributed by atoms with Gasteiger partial charge in [-0.05, 0) is 17.5 Å². The van der Waals surface area contributed by atoms with E-state index in [1.54, 1.807) is 18.3 Å². The number of nitrogens with zero attached hydrogens (tertiary/aromatic N) is 1. The topological polar surface area (TPSA) is 80.9 Å². The standard InChI is InChI=1S/C15H15NO5/c17-7-15-8-20-11(12(15)18)14(21-15)16-6-5-9-3-1-2-4-10(9)13(16)19/h1-6,11-12,14,17-18H,7-8H2/t11?,12-,14-,15+/m1/s1. The highest BCUT2D eigenvalue weighted by molar-refractivity contribution is 5.81. The maximum absolute atomic E-state index is 12.6. The number of hydrogen-bond acceptors (Lipinski definition) is 5. The van der Waals surface area contributed by atoms with Crippen molar-refractivity contribution in [3.8, 4) is 0 Å². The van der Waals surface area contributed by atoms with E-state index < -0.39 is 24.0 Å². The quantitative estimate of drug-likeness (QED) is 0.814. The first-order valence-electron chi connectivity index (χ1n) is 6.84. The number of aliphatic hydroxyl groups is 2. The molecule has 0 spiro atoms. The van der Waals surface area contributed by atoms with Gasteiger partial charge in [0.25, 0.3) is 5.56 Å². The monoisotopic (exact) mass is 289 g/mol. The van der Waals surface area contributed by atoms with Gasteiger partial charge in [-0.3, -0.25) is 9.36 Å². The van der Waals surface area contributed by atoms with Crippen molar-refractivity contribution in [1.82, 2.24) is 4.57 Å². The van der Waals surface area contributed by atoms with Crippen molar-refractivity contribution in [3.05, 3.63) is 46.9 Å². The number of aromatic nitrogens is 1. The van der Waals surface area contributed by atoms with Gasteiger partial charge < -0.3 is 19.7 Å². The van der Waals surface area contributed by atoms with Crippen LogP contribution >= 0.6 is 0 Å². The van der Waals surface area contributed by atoms with E-state index in [-0.39, 0.29) is 18.8 Å². The maximum Gasteiger partial charge on any atom is 0.260 e. The fourth-order valence-corrected chi connectivity index (χ4v) is 3.16. The van der Waals surface area contributed by atoms with E-state index in [2.05, 4.69) is 0 Å². The minimum absolute atomic E-state index is 0.133. The summed E-state index contributed by atoms with van der Waals surface area (Å²) in [6.45, 7) is -0.211. The molecule has 2 aliphatic rings. The van der Waals surface area contributed by atoms with Crippen molar-refractivity contribution in [1.29, 1.82) is 0 Å². The Hall–Kier alpha value is -1.73. The van der Waals surface area contributed by atoms with E-state index in [0.29, 0.717) is 5.39 Å². The lowest BCUT2D eigenvalue weighted by Crippen LogP contribution is -2.44. The first-order chi connectivity index (χ1) is 10.2. The molecule has 2 saturated heterocycles. The van der Waals surface area contributed by atoms with E-state index in [4.69, 9.17) is 9.47 Å². The maximum atomic E-state index is 12.6. The van der Waals surface area contributed by atoms with Gasteiger partial charge in [-0.25, -0.2) is 0 Å². The van der Waals surface area contributed by atoms with Gasteiger partial charge in [0.15, 0.2) is 6.23 Å². The van der Waals surface area contributed by atoms with Gasteiger partial charge in [0.2, 0.25) is 0 Å². The lowest BCUT2D eigenvalue weighted by Gasteiger charge is -2.29. The molecule has 2 aliphatic heterocycles. The predicted molar refractivity (Wildman–Crippen MR) is 73.9 cm³/mol. The normalized spacial score (nSPS) is 34.7. The fraction of sp³-hybridized carbons (Fsp3) is 0.400. The van der Waals surface area contributed by atoms with Crippen molar-refractivity contribution < 1.29 is 19.7 Å². The summed E-state index contributed by atoms with van der Waals surface area (Å²) >= 11 is 0. The van der Waals surface area contributed by atoms with Crippen LogP contribution in [0.2, 0.25) is 0 Å². The molecule has 2 bridgehead atoms. The zero-order valence-electron chi connectivity index (χ0n) is 11.2. The predicted octanol–water partition coefficient (Wildman–Crippen LogP) is 0.0211. The Morgan fingerprint density at radius 2 is 2.14 bits per heavy atom. The summed E-state index contributed by atoms with van der Waals surface area (Å²) in [5.74, 6) is 0. The summed E-state index contributed by atoms with van der Waals surface area (Å²) in [5.41, 5.74) is -1.32. The fourth-order valence-electron chi connectivity index (χ4n) is 3.16. The number of benzene rings is 1. The summed E-state index contributed by atoms with van der Waals surface area (Å²) in [4.78, 5) is 12.6. The number of fused-ring (bicyclic) bond motifs is 3. The van der Waals surface area contributed by atoms with Gasteiger partial charge in [0, 0.05) is 11.6 Å². The molecule has 2 N–H and O–H groups in total. The van der Waals surface area contributed by atoms with Crippen LogP contribution in [0.4, 0.5) is 0 Å². The minimum atomic E-state index is -1.12. The lowest BCUT2D eigenvalue weighted by molar-refractivity contribution is -0.187. The molecule has 0 saturated carbocycles. The van der Waals surface area contributed by atoms with Gasteiger partial charge >= 0.3 is 0 Å². The average molecular weight is 289 g/mol. The Kier molecular flexibility index (Phi) is 2.71. The summed E-state index contributed by atoms with van der Waals surface area (Å²) in [6, 6.07) is 9.11. The van der Waals surface area contributed by atoms with Gasteiger partial charge in [-0.2, -0.15) is 0 Å². The first-order valence-corrected chi connectivity index (χ1v) is 6.84. The van der Waals surface area contributed by atoms with Crippen LogP contribution in [-0.4, -0.2) is 45.8 Å². The van der Waals surface area contributed by atoms with Crippen molar-refractivity contribution in [2.45, 2.75) is 24.0 Å².